The summed E-state index contributed by atoms with van der Waals surface area (Å²) >= 11 is 1.84. The smallest absolute Gasteiger partial charge is 0.323 e. The lowest BCUT2D eigenvalue weighted by atomic mass is 9.96. The first-order valence-electron chi connectivity index (χ1n) is 7.78. The van der Waals surface area contributed by atoms with E-state index in [1.54, 1.807) is 6.92 Å². The number of fused-ring (bicyclic) bond motifs is 1. The van der Waals surface area contributed by atoms with E-state index in [0.29, 0.717) is 13.0 Å². The molecular weight excluding hydrogens is 282 g/mol. The van der Waals surface area contributed by atoms with Gasteiger partial charge in [0.05, 0.1) is 0 Å². The predicted molar refractivity (Wildman–Crippen MR) is 88.1 cm³/mol. The van der Waals surface area contributed by atoms with Crippen molar-refractivity contribution in [3.63, 3.8) is 0 Å². The van der Waals surface area contributed by atoms with E-state index >= 15 is 0 Å². The van der Waals surface area contributed by atoms with Gasteiger partial charge in [0.25, 0.3) is 0 Å². The van der Waals surface area contributed by atoms with Gasteiger partial charge in [-0.3, -0.25) is 4.79 Å². The largest absolute Gasteiger partial charge is 0.480 e. The van der Waals surface area contributed by atoms with Crippen LogP contribution in [0.25, 0.3) is 0 Å². The first-order chi connectivity index (χ1) is 10.0. The zero-order valence-corrected chi connectivity index (χ0v) is 13.8. The Morgan fingerprint density at radius 2 is 2.14 bits per heavy atom. The molecule has 0 bridgehead atoms. The molecule has 2 N–H and O–H groups in total. The van der Waals surface area contributed by atoms with E-state index in [1.165, 1.54) is 35.3 Å². The van der Waals surface area contributed by atoms with Gasteiger partial charge < -0.3 is 10.4 Å². The number of aryl methyl sites for hydroxylation is 2. The van der Waals surface area contributed by atoms with Crippen molar-refractivity contribution in [2.24, 2.45) is 0 Å². The zero-order chi connectivity index (χ0) is 15.3. The zero-order valence-electron chi connectivity index (χ0n) is 12.9. The molecule has 1 aromatic carbocycles. The van der Waals surface area contributed by atoms with Crippen LogP contribution in [-0.2, 0) is 17.6 Å². The lowest BCUT2D eigenvalue weighted by Gasteiger charge is -2.25. The molecule has 0 spiro atoms. The monoisotopic (exact) mass is 307 g/mol. The molecular formula is C17H25NO2S. The summed E-state index contributed by atoms with van der Waals surface area (Å²) in [7, 11) is 0. The van der Waals surface area contributed by atoms with E-state index in [2.05, 4.69) is 23.5 Å². The number of thioether (sulfide) groups is 1. The number of nitrogens with one attached hydrogen (secondary N) is 1. The molecule has 0 aromatic heterocycles. The highest BCUT2D eigenvalue weighted by atomic mass is 32.2. The van der Waals surface area contributed by atoms with Gasteiger partial charge >= 0.3 is 5.97 Å². The molecule has 1 unspecified atom stereocenters. The lowest BCUT2D eigenvalue weighted by molar-refractivity contribution is -0.144. The van der Waals surface area contributed by atoms with Crippen molar-refractivity contribution in [2.45, 2.75) is 56.4 Å². The Labute approximate surface area is 131 Å². The molecule has 3 nitrogen and oxygen atoms in total. The summed E-state index contributed by atoms with van der Waals surface area (Å²) < 4.78 is 0. The molecule has 0 saturated carbocycles. The van der Waals surface area contributed by atoms with Gasteiger partial charge in [0.1, 0.15) is 5.54 Å². The van der Waals surface area contributed by atoms with Crippen LogP contribution in [0.15, 0.2) is 23.1 Å². The van der Waals surface area contributed by atoms with Crippen molar-refractivity contribution in [3.05, 3.63) is 29.3 Å². The Bertz CT molecular complexity index is 504. The summed E-state index contributed by atoms with van der Waals surface area (Å²) in [6.45, 7) is 4.40. The number of carboxylic acid groups (broad SMARTS) is 1. The first kappa shape index (κ1) is 16.4. The van der Waals surface area contributed by atoms with Crippen molar-refractivity contribution in [2.75, 3.05) is 12.3 Å². The lowest BCUT2D eigenvalue weighted by Crippen LogP contribution is -2.49. The summed E-state index contributed by atoms with van der Waals surface area (Å²) in [6, 6.07) is 6.77. The number of benzene rings is 1. The second-order valence-electron chi connectivity index (χ2n) is 5.90. The van der Waals surface area contributed by atoms with Gasteiger partial charge in [-0.15, -0.1) is 11.8 Å². The van der Waals surface area contributed by atoms with Crippen molar-refractivity contribution in [3.8, 4) is 0 Å². The second-order valence-corrected chi connectivity index (χ2v) is 7.07. The van der Waals surface area contributed by atoms with Crippen molar-refractivity contribution < 1.29 is 9.90 Å². The van der Waals surface area contributed by atoms with Gasteiger partial charge in [0.2, 0.25) is 0 Å². The molecule has 4 heteroatoms. The molecule has 0 fully saturated rings. The number of rotatable bonds is 8. The van der Waals surface area contributed by atoms with E-state index in [9.17, 15) is 9.90 Å². The van der Waals surface area contributed by atoms with Gasteiger partial charge in [0.15, 0.2) is 0 Å². The van der Waals surface area contributed by atoms with Crippen LogP contribution in [0.3, 0.4) is 0 Å². The summed E-state index contributed by atoms with van der Waals surface area (Å²) in [6.07, 6.45) is 5.27. The van der Waals surface area contributed by atoms with Crippen LogP contribution < -0.4 is 5.32 Å². The van der Waals surface area contributed by atoms with Crippen LogP contribution in [0, 0.1) is 0 Å². The third kappa shape index (κ3) is 4.24. The van der Waals surface area contributed by atoms with E-state index in [4.69, 9.17) is 0 Å². The van der Waals surface area contributed by atoms with Gasteiger partial charge in [-0.25, -0.2) is 0 Å². The van der Waals surface area contributed by atoms with E-state index in [1.807, 2.05) is 18.7 Å². The summed E-state index contributed by atoms with van der Waals surface area (Å²) in [4.78, 5) is 12.6. The average Bonchev–Trinajstić information content (AvgIpc) is 2.91. The molecule has 0 saturated heterocycles. The average molecular weight is 307 g/mol. The molecule has 21 heavy (non-hydrogen) atoms. The van der Waals surface area contributed by atoms with Crippen LogP contribution in [0.4, 0.5) is 0 Å². The number of carboxylic acids is 1. The van der Waals surface area contributed by atoms with Gasteiger partial charge in [-0.1, -0.05) is 13.0 Å². The number of hydrogen-bond donors (Lipinski definition) is 2. The molecule has 0 aliphatic heterocycles. The van der Waals surface area contributed by atoms with E-state index in [0.717, 1.165) is 12.2 Å². The normalized spacial score (nSPS) is 16.5. The molecule has 1 aliphatic carbocycles. The maximum atomic E-state index is 11.3. The Balaban J connectivity index is 1.80. The number of likely N-dealkylation sites (N-methyl/N-ethyl adjacent to an activating group) is 1. The highest BCUT2D eigenvalue weighted by Gasteiger charge is 2.31. The van der Waals surface area contributed by atoms with Crippen molar-refractivity contribution in [1.29, 1.82) is 0 Å². The Hall–Kier alpha value is -1.00. The maximum absolute atomic E-state index is 11.3. The SMILES string of the molecule is CCNC(C)(CCCSc1ccc2c(c1)CCC2)C(=O)O. The van der Waals surface area contributed by atoms with Crippen molar-refractivity contribution >= 4 is 17.7 Å². The molecule has 1 aliphatic rings. The number of aliphatic carboxylic acids is 1. The molecule has 0 amide bonds. The van der Waals surface area contributed by atoms with Crippen LogP contribution >= 0.6 is 11.8 Å². The van der Waals surface area contributed by atoms with Crippen LogP contribution in [-0.4, -0.2) is 28.9 Å². The summed E-state index contributed by atoms with van der Waals surface area (Å²) in [5, 5.41) is 12.4. The molecule has 2 rings (SSSR count). The van der Waals surface area contributed by atoms with Gasteiger partial charge in [-0.05, 0) is 74.6 Å². The quantitative estimate of drug-likeness (QED) is 0.570. The van der Waals surface area contributed by atoms with Crippen molar-refractivity contribution in [1.82, 2.24) is 5.32 Å². The minimum absolute atomic E-state index is 0.661. The van der Waals surface area contributed by atoms with Crippen LogP contribution in [0.2, 0.25) is 0 Å². The van der Waals surface area contributed by atoms with E-state index < -0.39 is 11.5 Å². The highest BCUT2D eigenvalue weighted by Crippen LogP contribution is 2.28. The third-order valence-corrected chi connectivity index (χ3v) is 5.28. The second kappa shape index (κ2) is 7.32. The molecule has 1 aromatic rings. The maximum Gasteiger partial charge on any atom is 0.323 e. The minimum Gasteiger partial charge on any atom is -0.480 e. The first-order valence-corrected chi connectivity index (χ1v) is 8.77. The van der Waals surface area contributed by atoms with Crippen LogP contribution in [0.5, 0.6) is 0 Å². The van der Waals surface area contributed by atoms with E-state index in [-0.39, 0.29) is 0 Å². The predicted octanol–water partition coefficient (Wildman–Crippen LogP) is 3.50. The van der Waals surface area contributed by atoms with Crippen LogP contribution in [0.1, 0.15) is 44.2 Å². The van der Waals surface area contributed by atoms with Gasteiger partial charge in [0, 0.05) is 4.90 Å². The third-order valence-electron chi connectivity index (χ3n) is 4.20. The Morgan fingerprint density at radius 1 is 1.38 bits per heavy atom. The molecule has 116 valence electrons. The number of hydrogen-bond acceptors (Lipinski definition) is 3. The number of carbonyl (C=O) groups is 1. The topological polar surface area (TPSA) is 49.3 Å². The molecule has 0 radical (unpaired) electrons. The minimum atomic E-state index is -0.798. The Morgan fingerprint density at radius 3 is 2.86 bits per heavy atom. The fraction of sp³-hybridized carbons (Fsp3) is 0.588. The standard InChI is InChI=1S/C17H25NO2S/c1-3-18-17(2,16(19)20)10-5-11-21-15-9-8-13-6-4-7-14(13)12-15/h8-9,12,18H,3-7,10-11H2,1-2H3,(H,19,20). The highest BCUT2D eigenvalue weighted by molar-refractivity contribution is 7.99. The summed E-state index contributed by atoms with van der Waals surface area (Å²) in [5.74, 6) is 0.208. The fourth-order valence-electron chi connectivity index (χ4n) is 2.91. The summed E-state index contributed by atoms with van der Waals surface area (Å²) in [5.41, 5.74) is 2.21. The fourth-order valence-corrected chi connectivity index (χ4v) is 3.83. The molecule has 0 heterocycles. The van der Waals surface area contributed by atoms with Gasteiger partial charge in [-0.2, -0.15) is 0 Å². The Kier molecular flexibility index (Phi) is 5.71. The molecule has 1 atom stereocenters.